The Morgan fingerprint density at radius 1 is 1.45 bits per heavy atom. The summed E-state index contributed by atoms with van der Waals surface area (Å²) in [6, 6.07) is 0. The maximum absolute atomic E-state index is 10.6. The fourth-order valence-electron chi connectivity index (χ4n) is 1.03. The zero-order valence-corrected chi connectivity index (χ0v) is 7.42. The fourth-order valence-corrected chi connectivity index (χ4v) is 1.03. The van der Waals surface area contributed by atoms with Crippen molar-refractivity contribution in [1.29, 1.82) is 0 Å². The lowest BCUT2D eigenvalue weighted by Gasteiger charge is -2.09. The first kappa shape index (κ1) is 10.2. The lowest BCUT2D eigenvalue weighted by molar-refractivity contribution is -0.112. The average Bonchev–Trinajstić information content (AvgIpc) is 1.88. The van der Waals surface area contributed by atoms with E-state index in [4.69, 9.17) is 0 Å². The normalized spacial score (nSPS) is 12.2. The van der Waals surface area contributed by atoms with Gasteiger partial charge in [0, 0.05) is 12.0 Å². The number of aliphatic hydroxyl groups excluding tert-OH is 1. The van der Waals surface area contributed by atoms with Crippen molar-refractivity contribution in [2.45, 2.75) is 33.6 Å². The van der Waals surface area contributed by atoms with Crippen LogP contribution in [-0.2, 0) is 4.79 Å². The zero-order chi connectivity index (χ0) is 8.85. The van der Waals surface area contributed by atoms with Crippen LogP contribution >= 0.6 is 0 Å². The average molecular weight is 156 g/mol. The van der Waals surface area contributed by atoms with E-state index in [0.717, 1.165) is 12.8 Å². The van der Waals surface area contributed by atoms with E-state index in [1.165, 1.54) is 13.0 Å². The van der Waals surface area contributed by atoms with E-state index < -0.39 is 0 Å². The van der Waals surface area contributed by atoms with Gasteiger partial charge in [0.1, 0.15) is 0 Å². The van der Waals surface area contributed by atoms with Crippen LogP contribution in [-0.4, -0.2) is 10.9 Å². The molecule has 2 nitrogen and oxygen atoms in total. The minimum Gasteiger partial charge on any atom is -0.512 e. The number of aliphatic hydroxyl groups is 1. The van der Waals surface area contributed by atoms with Gasteiger partial charge in [-0.15, -0.1) is 0 Å². The SMILES string of the molecule is CCC(CC)/C(O)=C/C(C)=O. The van der Waals surface area contributed by atoms with Gasteiger partial charge in [-0.05, 0) is 19.8 Å². The quantitative estimate of drug-likeness (QED) is 0.501. The van der Waals surface area contributed by atoms with Crippen LogP contribution in [0.1, 0.15) is 33.6 Å². The maximum atomic E-state index is 10.6. The summed E-state index contributed by atoms with van der Waals surface area (Å²) in [4.78, 5) is 10.6. The summed E-state index contributed by atoms with van der Waals surface area (Å²) in [7, 11) is 0. The smallest absolute Gasteiger partial charge is 0.155 e. The van der Waals surface area contributed by atoms with Crippen LogP contribution in [0.5, 0.6) is 0 Å². The van der Waals surface area contributed by atoms with Gasteiger partial charge in [0.25, 0.3) is 0 Å². The molecule has 0 rings (SSSR count). The molecule has 0 aliphatic carbocycles. The predicted octanol–water partition coefficient (Wildman–Crippen LogP) is 2.45. The van der Waals surface area contributed by atoms with E-state index in [-0.39, 0.29) is 17.5 Å². The molecular weight excluding hydrogens is 140 g/mol. The summed E-state index contributed by atoms with van der Waals surface area (Å²) in [5.41, 5.74) is 0. The molecule has 0 fully saturated rings. The number of hydrogen-bond acceptors (Lipinski definition) is 2. The van der Waals surface area contributed by atoms with Crippen molar-refractivity contribution in [3.05, 3.63) is 11.8 Å². The standard InChI is InChI=1S/C9H16O2/c1-4-8(5-2)9(11)6-7(3)10/h6,8,11H,4-5H2,1-3H3/b9-6-. The Balaban J connectivity index is 4.18. The second-order valence-corrected chi connectivity index (χ2v) is 2.69. The first-order chi connectivity index (χ1) is 5.11. The second-order valence-electron chi connectivity index (χ2n) is 2.69. The third-order valence-corrected chi connectivity index (χ3v) is 1.76. The van der Waals surface area contributed by atoms with Crippen LogP contribution in [0.4, 0.5) is 0 Å². The number of rotatable bonds is 4. The number of ketones is 1. The lowest BCUT2D eigenvalue weighted by atomic mass is 10.0. The Bertz CT molecular complexity index is 155. The van der Waals surface area contributed by atoms with Crippen molar-refractivity contribution in [1.82, 2.24) is 0 Å². The molecule has 0 saturated heterocycles. The van der Waals surface area contributed by atoms with Crippen molar-refractivity contribution >= 4 is 5.78 Å². The Kier molecular flexibility index (Phi) is 4.59. The molecule has 0 radical (unpaired) electrons. The molecule has 0 heterocycles. The molecule has 0 aromatic carbocycles. The molecule has 0 aliphatic heterocycles. The molecule has 0 atom stereocenters. The van der Waals surface area contributed by atoms with Crippen molar-refractivity contribution in [3.63, 3.8) is 0 Å². The number of hydrogen-bond donors (Lipinski definition) is 1. The number of carbonyl (C=O) groups is 1. The van der Waals surface area contributed by atoms with Gasteiger partial charge in [-0.1, -0.05) is 13.8 Å². The van der Waals surface area contributed by atoms with E-state index >= 15 is 0 Å². The molecule has 64 valence electrons. The molecule has 1 N–H and O–H groups in total. The lowest BCUT2D eigenvalue weighted by Crippen LogP contribution is -2.02. The van der Waals surface area contributed by atoms with Crippen LogP contribution in [0.25, 0.3) is 0 Å². The third kappa shape index (κ3) is 3.81. The molecule has 0 aromatic rings. The van der Waals surface area contributed by atoms with Gasteiger partial charge in [-0.3, -0.25) is 4.79 Å². The molecular formula is C9H16O2. The minimum atomic E-state index is -0.0885. The molecule has 0 spiro atoms. The Labute approximate surface area is 67.9 Å². The summed E-state index contributed by atoms with van der Waals surface area (Å²) in [6.45, 7) is 5.44. The largest absolute Gasteiger partial charge is 0.512 e. The van der Waals surface area contributed by atoms with E-state index in [9.17, 15) is 9.90 Å². The van der Waals surface area contributed by atoms with Crippen LogP contribution in [0, 0.1) is 5.92 Å². The van der Waals surface area contributed by atoms with Gasteiger partial charge in [-0.2, -0.15) is 0 Å². The molecule has 0 bridgehead atoms. The van der Waals surface area contributed by atoms with Gasteiger partial charge in [0.05, 0.1) is 5.76 Å². The second kappa shape index (κ2) is 4.94. The van der Waals surface area contributed by atoms with Crippen LogP contribution in [0.3, 0.4) is 0 Å². The Hall–Kier alpha value is -0.790. The fraction of sp³-hybridized carbons (Fsp3) is 0.667. The van der Waals surface area contributed by atoms with Crippen molar-refractivity contribution in [3.8, 4) is 0 Å². The molecule has 0 unspecified atom stereocenters. The number of allylic oxidation sites excluding steroid dienone is 2. The molecule has 0 aromatic heterocycles. The molecule has 0 aliphatic rings. The van der Waals surface area contributed by atoms with Crippen molar-refractivity contribution in [2.75, 3.05) is 0 Å². The molecule has 0 amide bonds. The zero-order valence-electron chi connectivity index (χ0n) is 7.42. The van der Waals surface area contributed by atoms with Crippen molar-refractivity contribution < 1.29 is 9.90 Å². The van der Waals surface area contributed by atoms with Crippen molar-refractivity contribution in [2.24, 2.45) is 5.92 Å². The van der Waals surface area contributed by atoms with Gasteiger partial charge < -0.3 is 5.11 Å². The van der Waals surface area contributed by atoms with Gasteiger partial charge >= 0.3 is 0 Å². The number of carbonyl (C=O) groups excluding carboxylic acids is 1. The monoisotopic (exact) mass is 156 g/mol. The van der Waals surface area contributed by atoms with E-state index in [1.54, 1.807) is 0 Å². The highest BCUT2D eigenvalue weighted by molar-refractivity contribution is 5.87. The summed E-state index contributed by atoms with van der Waals surface area (Å²) in [5.74, 6) is 0.288. The third-order valence-electron chi connectivity index (χ3n) is 1.76. The highest BCUT2D eigenvalue weighted by Gasteiger charge is 2.08. The maximum Gasteiger partial charge on any atom is 0.155 e. The van der Waals surface area contributed by atoms with Gasteiger partial charge in [0.2, 0.25) is 0 Å². The topological polar surface area (TPSA) is 37.3 Å². The minimum absolute atomic E-state index is 0.0885. The van der Waals surface area contributed by atoms with E-state index in [2.05, 4.69) is 0 Å². The summed E-state index contributed by atoms with van der Waals surface area (Å²) in [6.07, 6.45) is 3.07. The molecule has 0 saturated carbocycles. The van der Waals surface area contributed by atoms with E-state index in [1.807, 2.05) is 13.8 Å². The highest BCUT2D eigenvalue weighted by Crippen LogP contribution is 2.15. The molecule has 2 heteroatoms. The highest BCUT2D eigenvalue weighted by atomic mass is 16.3. The predicted molar refractivity (Wildman–Crippen MR) is 45.5 cm³/mol. The summed E-state index contributed by atoms with van der Waals surface area (Å²) >= 11 is 0. The molecule has 11 heavy (non-hydrogen) atoms. The summed E-state index contributed by atoms with van der Waals surface area (Å²) in [5, 5.41) is 9.32. The Morgan fingerprint density at radius 3 is 2.18 bits per heavy atom. The first-order valence-electron chi connectivity index (χ1n) is 4.02. The van der Waals surface area contributed by atoms with Crippen LogP contribution in [0.2, 0.25) is 0 Å². The van der Waals surface area contributed by atoms with Crippen LogP contribution in [0.15, 0.2) is 11.8 Å². The Morgan fingerprint density at radius 2 is 1.91 bits per heavy atom. The van der Waals surface area contributed by atoms with Gasteiger partial charge in [0.15, 0.2) is 5.78 Å². The van der Waals surface area contributed by atoms with Gasteiger partial charge in [-0.25, -0.2) is 0 Å². The summed E-state index contributed by atoms with van der Waals surface area (Å²) < 4.78 is 0. The van der Waals surface area contributed by atoms with Crippen LogP contribution < -0.4 is 0 Å². The first-order valence-corrected chi connectivity index (χ1v) is 4.02. The van der Waals surface area contributed by atoms with E-state index in [0.29, 0.717) is 0 Å².